The molecule has 5 rings (SSSR count). The van der Waals surface area contributed by atoms with Crippen molar-refractivity contribution in [3.8, 4) is 17.5 Å². The molecule has 37 heavy (non-hydrogen) atoms. The number of nitrogens with zero attached hydrogens (tertiary/aromatic N) is 9. The largest absolute Gasteiger partial charge is 0.489 e. The predicted octanol–water partition coefficient (Wildman–Crippen LogP) is 1.18. The smallest absolute Gasteiger partial charge is 0.266 e. The van der Waals surface area contributed by atoms with Gasteiger partial charge in [-0.3, -0.25) is 4.90 Å². The Kier molecular flexibility index (Phi) is 7.28. The zero-order valence-electron chi connectivity index (χ0n) is 20.7. The maximum Gasteiger partial charge on any atom is 0.266 e. The van der Waals surface area contributed by atoms with Gasteiger partial charge in [0.25, 0.3) is 5.89 Å². The van der Waals surface area contributed by atoms with Gasteiger partial charge in [0.1, 0.15) is 24.4 Å². The summed E-state index contributed by atoms with van der Waals surface area (Å²) in [5.41, 5.74) is 6.68. The van der Waals surface area contributed by atoms with Gasteiger partial charge in [-0.1, -0.05) is 0 Å². The van der Waals surface area contributed by atoms with Crippen molar-refractivity contribution in [3.05, 3.63) is 36.6 Å². The number of methoxy groups -OCH3 is 1. The molecule has 4 aromatic rings. The normalized spacial score (nSPS) is 14.4. The molecule has 14 heteroatoms. The number of pyridine rings is 1. The summed E-state index contributed by atoms with van der Waals surface area (Å²) in [6.45, 7) is 5.26. The van der Waals surface area contributed by atoms with E-state index in [1.807, 2.05) is 22.9 Å². The van der Waals surface area contributed by atoms with Crippen LogP contribution in [0.25, 0.3) is 17.4 Å². The summed E-state index contributed by atoms with van der Waals surface area (Å²) in [5, 5.41) is 4.32. The van der Waals surface area contributed by atoms with E-state index in [1.54, 1.807) is 13.3 Å². The first kappa shape index (κ1) is 24.6. The maximum atomic E-state index is 14.6. The molecular weight excluding hydrogens is 483 g/mol. The van der Waals surface area contributed by atoms with E-state index >= 15 is 0 Å². The second kappa shape index (κ2) is 10.9. The number of aromatic nitrogens is 6. The van der Waals surface area contributed by atoms with E-state index in [4.69, 9.17) is 19.6 Å². The highest BCUT2D eigenvalue weighted by Gasteiger charge is 2.22. The van der Waals surface area contributed by atoms with Crippen LogP contribution in [-0.4, -0.2) is 101 Å². The number of anilines is 3. The van der Waals surface area contributed by atoms with Gasteiger partial charge in [-0.05, 0) is 0 Å². The predicted molar refractivity (Wildman–Crippen MR) is 134 cm³/mol. The molecule has 0 atom stereocenters. The van der Waals surface area contributed by atoms with Crippen molar-refractivity contribution in [2.45, 2.75) is 0 Å². The van der Waals surface area contributed by atoms with Gasteiger partial charge < -0.3 is 29.4 Å². The SMILES string of the molecule is COCCOc1cnc(N2CCN(CCN(C)c3cc4nc(-c5ncco5)nn4c(N)n3)CC2)c(F)c1. The fraction of sp³-hybridized carbons (Fsp3) is 0.435. The minimum Gasteiger partial charge on any atom is -0.489 e. The van der Waals surface area contributed by atoms with E-state index in [-0.39, 0.29) is 11.8 Å². The monoisotopic (exact) mass is 512 g/mol. The van der Waals surface area contributed by atoms with Crippen molar-refractivity contribution in [2.24, 2.45) is 0 Å². The van der Waals surface area contributed by atoms with Crippen LogP contribution in [-0.2, 0) is 4.74 Å². The van der Waals surface area contributed by atoms with Crippen LogP contribution in [0.5, 0.6) is 5.75 Å². The second-order valence-electron chi connectivity index (χ2n) is 8.58. The quantitative estimate of drug-likeness (QED) is 0.306. The molecule has 0 spiro atoms. The molecule has 2 N–H and O–H groups in total. The van der Waals surface area contributed by atoms with Gasteiger partial charge in [-0.2, -0.15) is 9.50 Å². The lowest BCUT2D eigenvalue weighted by Gasteiger charge is -2.36. The Hall–Kier alpha value is -4.04. The first-order valence-electron chi connectivity index (χ1n) is 11.9. The number of hydrogen-bond acceptors (Lipinski definition) is 12. The summed E-state index contributed by atoms with van der Waals surface area (Å²) in [5.74, 6) is 1.93. The molecule has 1 saturated heterocycles. The summed E-state index contributed by atoms with van der Waals surface area (Å²) in [6.07, 6.45) is 4.55. The van der Waals surface area contributed by atoms with Crippen molar-refractivity contribution in [1.82, 2.24) is 34.4 Å². The zero-order valence-corrected chi connectivity index (χ0v) is 20.7. The van der Waals surface area contributed by atoms with E-state index in [1.165, 1.54) is 23.0 Å². The van der Waals surface area contributed by atoms with Gasteiger partial charge in [-0.15, -0.1) is 5.10 Å². The Morgan fingerprint density at radius 1 is 1.14 bits per heavy atom. The van der Waals surface area contributed by atoms with Gasteiger partial charge >= 0.3 is 0 Å². The molecule has 1 aliphatic rings. The fourth-order valence-corrected chi connectivity index (χ4v) is 4.08. The summed E-state index contributed by atoms with van der Waals surface area (Å²) in [7, 11) is 3.54. The molecule has 0 bridgehead atoms. The number of fused-ring (bicyclic) bond motifs is 1. The average molecular weight is 513 g/mol. The van der Waals surface area contributed by atoms with Gasteiger partial charge in [-0.25, -0.2) is 19.3 Å². The molecule has 4 aromatic heterocycles. The van der Waals surface area contributed by atoms with Crippen LogP contribution in [0.3, 0.4) is 0 Å². The Bertz CT molecular complexity index is 1320. The van der Waals surface area contributed by atoms with Crippen LogP contribution in [0.1, 0.15) is 0 Å². The second-order valence-corrected chi connectivity index (χ2v) is 8.58. The number of hydrogen-bond donors (Lipinski definition) is 1. The molecule has 0 radical (unpaired) electrons. The maximum absolute atomic E-state index is 14.6. The first-order valence-corrected chi connectivity index (χ1v) is 11.9. The van der Waals surface area contributed by atoms with E-state index in [2.05, 4.69) is 29.9 Å². The molecular formula is C23H29FN10O3. The molecule has 0 amide bonds. The number of ether oxygens (including phenoxy) is 2. The number of nitrogen functional groups attached to an aromatic ring is 1. The van der Waals surface area contributed by atoms with Crippen LogP contribution in [0.2, 0.25) is 0 Å². The number of oxazole rings is 1. The average Bonchev–Trinajstić information content (AvgIpc) is 3.58. The first-order chi connectivity index (χ1) is 18.0. The van der Waals surface area contributed by atoms with Gasteiger partial charge in [0.2, 0.25) is 11.8 Å². The molecule has 0 saturated carbocycles. The number of piperazine rings is 1. The van der Waals surface area contributed by atoms with Gasteiger partial charge in [0.05, 0.1) is 19.0 Å². The topological polar surface area (TPSA) is 136 Å². The van der Waals surface area contributed by atoms with Crippen molar-refractivity contribution in [3.63, 3.8) is 0 Å². The van der Waals surface area contributed by atoms with Crippen molar-refractivity contribution in [2.75, 3.05) is 82.2 Å². The number of nitrogens with two attached hydrogens (primary N) is 1. The highest BCUT2D eigenvalue weighted by molar-refractivity contribution is 5.58. The highest BCUT2D eigenvalue weighted by Crippen LogP contribution is 2.23. The fourth-order valence-electron chi connectivity index (χ4n) is 4.08. The molecule has 0 aliphatic carbocycles. The molecule has 1 fully saturated rings. The van der Waals surface area contributed by atoms with Crippen molar-refractivity contribution >= 4 is 23.2 Å². The summed E-state index contributed by atoms with van der Waals surface area (Å²) >= 11 is 0. The third kappa shape index (κ3) is 5.54. The third-order valence-corrected chi connectivity index (χ3v) is 6.13. The summed E-state index contributed by atoms with van der Waals surface area (Å²) in [6, 6.07) is 3.20. The molecule has 0 unspecified atom stereocenters. The molecule has 1 aliphatic heterocycles. The Balaban J connectivity index is 1.15. The van der Waals surface area contributed by atoms with Crippen LogP contribution < -0.4 is 20.3 Å². The molecule has 5 heterocycles. The lowest BCUT2D eigenvalue weighted by molar-refractivity contribution is 0.146. The van der Waals surface area contributed by atoms with Crippen LogP contribution in [0, 0.1) is 5.82 Å². The van der Waals surface area contributed by atoms with Gasteiger partial charge in [0.15, 0.2) is 17.3 Å². The number of likely N-dealkylation sites (N-methyl/N-ethyl adjacent to an activating group) is 1. The Morgan fingerprint density at radius 3 is 2.70 bits per heavy atom. The standard InChI is InChI=1S/C23H29FN10O3/c1-31(18-14-19-28-20(22-26-3-10-37-22)30-34(19)23(25)29-18)4-5-32-6-8-33(9-7-32)21-17(24)13-16(15-27-21)36-12-11-35-2/h3,10,13-15H,4-9,11-12H2,1-2H3,(H2,25,29). The van der Waals surface area contributed by atoms with E-state index in [9.17, 15) is 4.39 Å². The van der Waals surface area contributed by atoms with Crippen LogP contribution in [0.15, 0.2) is 35.2 Å². The Labute approximate surface area is 212 Å². The minimum atomic E-state index is -0.387. The van der Waals surface area contributed by atoms with Crippen molar-refractivity contribution in [1.29, 1.82) is 0 Å². The molecule has 196 valence electrons. The lowest BCUT2D eigenvalue weighted by Crippen LogP contribution is -2.48. The number of rotatable bonds is 10. The summed E-state index contributed by atoms with van der Waals surface area (Å²) in [4.78, 5) is 23.6. The van der Waals surface area contributed by atoms with E-state index in [0.29, 0.717) is 61.1 Å². The minimum absolute atomic E-state index is 0.225. The van der Waals surface area contributed by atoms with Crippen LogP contribution >= 0.6 is 0 Å². The highest BCUT2D eigenvalue weighted by atomic mass is 19.1. The van der Waals surface area contributed by atoms with Crippen molar-refractivity contribution < 1.29 is 18.3 Å². The van der Waals surface area contributed by atoms with E-state index < -0.39 is 0 Å². The van der Waals surface area contributed by atoms with E-state index in [0.717, 1.165) is 26.2 Å². The zero-order chi connectivity index (χ0) is 25.8. The summed E-state index contributed by atoms with van der Waals surface area (Å²) < 4.78 is 31.7. The third-order valence-electron chi connectivity index (χ3n) is 6.13. The number of halogens is 1. The lowest BCUT2D eigenvalue weighted by atomic mass is 10.3. The Morgan fingerprint density at radius 2 is 1.97 bits per heavy atom. The molecule has 0 aromatic carbocycles. The van der Waals surface area contributed by atoms with Crippen LogP contribution in [0.4, 0.5) is 22.0 Å². The molecule has 13 nitrogen and oxygen atoms in total. The van der Waals surface area contributed by atoms with Gasteiger partial charge in [0, 0.05) is 65.6 Å².